The topological polar surface area (TPSA) is 72.8 Å². The molecule has 0 saturated carbocycles. The van der Waals surface area contributed by atoms with E-state index in [0.29, 0.717) is 18.9 Å². The maximum absolute atomic E-state index is 12.3. The van der Waals surface area contributed by atoms with Gasteiger partial charge in [0.15, 0.2) is 0 Å². The monoisotopic (exact) mass is 334 g/mol. The molecule has 1 aromatic carbocycles. The molecule has 2 heterocycles. The van der Waals surface area contributed by atoms with Crippen molar-refractivity contribution >= 4 is 21.5 Å². The number of nitrogens with zero attached hydrogens (tertiary/aromatic N) is 1. The van der Waals surface area contributed by atoms with Crippen LogP contribution in [0, 0.1) is 6.92 Å². The Kier molecular flexibility index (Phi) is 4.49. The van der Waals surface area contributed by atoms with E-state index >= 15 is 0 Å². The summed E-state index contributed by atoms with van der Waals surface area (Å²) in [6.07, 6.45) is 1.66. The van der Waals surface area contributed by atoms with Crippen LogP contribution in [0.3, 0.4) is 0 Å². The van der Waals surface area contributed by atoms with Crippen molar-refractivity contribution < 1.29 is 18.1 Å². The van der Waals surface area contributed by atoms with Crippen molar-refractivity contribution in [1.82, 2.24) is 0 Å². The van der Waals surface area contributed by atoms with Crippen LogP contribution in [-0.2, 0) is 14.8 Å². The van der Waals surface area contributed by atoms with Crippen LogP contribution < -0.4 is 14.6 Å². The number of pyridine rings is 1. The molecular formula is C16H20N3O3S+. The zero-order valence-electron chi connectivity index (χ0n) is 13.0. The van der Waals surface area contributed by atoms with Gasteiger partial charge in [0, 0.05) is 6.07 Å². The fraction of sp³-hybridized carbons (Fsp3) is 0.312. The number of sulfonamides is 1. The molecule has 1 aliphatic rings. The largest absolute Gasteiger partial charge is 0.373 e. The average molecular weight is 334 g/mol. The lowest BCUT2D eigenvalue weighted by Crippen LogP contribution is -2.39. The lowest BCUT2D eigenvalue weighted by atomic mass is 10.2. The summed E-state index contributed by atoms with van der Waals surface area (Å²) < 4.78 is 32.6. The summed E-state index contributed by atoms with van der Waals surface area (Å²) in [7, 11) is -3.57. The SMILES string of the molecule is Cc1ccc(S(=O)(=O)Nc2ccc(N3CCOCC3)[nH+]c2)cc1. The first-order chi connectivity index (χ1) is 11.0. The normalized spacial score (nSPS) is 15.4. The van der Waals surface area contributed by atoms with Gasteiger partial charge in [0.05, 0.1) is 23.8 Å². The zero-order chi connectivity index (χ0) is 16.3. The number of aromatic nitrogens is 1. The van der Waals surface area contributed by atoms with E-state index in [0.717, 1.165) is 24.5 Å². The summed E-state index contributed by atoms with van der Waals surface area (Å²) in [5.74, 6) is 0.951. The molecule has 2 aromatic rings. The molecule has 6 nitrogen and oxygen atoms in total. The van der Waals surface area contributed by atoms with E-state index in [9.17, 15) is 8.42 Å². The van der Waals surface area contributed by atoms with Gasteiger partial charge in [-0.2, -0.15) is 0 Å². The molecule has 0 spiro atoms. The van der Waals surface area contributed by atoms with Gasteiger partial charge in [0.1, 0.15) is 19.3 Å². The highest BCUT2D eigenvalue weighted by Crippen LogP contribution is 2.17. The van der Waals surface area contributed by atoms with Crippen LogP contribution in [0.25, 0.3) is 0 Å². The van der Waals surface area contributed by atoms with Crippen LogP contribution in [-0.4, -0.2) is 34.7 Å². The molecule has 3 rings (SSSR count). The second-order valence-corrected chi connectivity index (χ2v) is 7.16. The predicted octanol–water partition coefficient (Wildman–Crippen LogP) is 1.45. The molecule has 122 valence electrons. The highest BCUT2D eigenvalue weighted by molar-refractivity contribution is 7.92. The van der Waals surface area contributed by atoms with E-state index in [1.807, 2.05) is 13.0 Å². The Morgan fingerprint density at radius 1 is 1.09 bits per heavy atom. The van der Waals surface area contributed by atoms with Crippen LogP contribution in [0.4, 0.5) is 11.5 Å². The van der Waals surface area contributed by atoms with Gasteiger partial charge in [-0.15, -0.1) is 0 Å². The van der Waals surface area contributed by atoms with Crippen LogP contribution >= 0.6 is 0 Å². The van der Waals surface area contributed by atoms with E-state index < -0.39 is 10.0 Å². The summed E-state index contributed by atoms with van der Waals surface area (Å²) in [5.41, 5.74) is 1.52. The first-order valence-electron chi connectivity index (χ1n) is 7.48. The van der Waals surface area contributed by atoms with Crippen molar-refractivity contribution in [3.63, 3.8) is 0 Å². The number of morpholine rings is 1. The Morgan fingerprint density at radius 3 is 2.39 bits per heavy atom. The van der Waals surface area contributed by atoms with Gasteiger partial charge >= 0.3 is 0 Å². The Morgan fingerprint density at radius 2 is 1.78 bits per heavy atom. The Hall–Kier alpha value is -2.12. The standard InChI is InChI=1S/C16H19N3O3S/c1-13-2-5-15(6-3-13)23(20,21)18-14-4-7-16(17-12-14)19-8-10-22-11-9-19/h2-7,12,18H,8-11H2,1H3/p+1. The summed E-state index contributed by atoms with van der Waals surface area (Å²) >= 11 is 0. The van der Waals surface area contributed by atoms with Crippen molar-refractivity contribution in [3.05, 3.63) is 48.2 Å². The van der Waals surface area contributed by atoms with Crippen molar-refractivity contribution in [2.75, 3.05) is 35.9 Å². The van der Waals surface area contributed by atoms with Crippen molar-refractivity contribution in [1.29, 1.82) is 0 Å². The van der Waals surface area contributed by atoms with Crippen molar-refractivity contribution in [2.24, 2.45) is 0 Å². The van der Waals surface area contributed by atoms with Crippen LogP contribution in [0.1, 0.15) is 5.56 Å². The third-order valence-corrected chi connectivity index (χ3v) is 5.13. The molecule has 0 atom stereocenters. The number of aromatic amines is 1. The molecular weight excluding hydrogens is 314 g/mol. The molecule has 2 N–H and O–H groups in total. The van der Waals surface area contributed by atoms with Gasteiger partial charge in [-0.25, -0.2) is 13.4 Å². The number of benzene rings is 1. The molecule has 1 fully saturated rings. The Bertz CT molecular complexity index is 752. The molecule has 0 unspecified atom stereocenters. The third-order valence-electron chi connectivity index (χ3n) is 3.73. The zero-order valence-corrected chi connectivity index (χ0v) is 13.8. The molecule has 1 aliphatic heterocycles. The smallest absolute Gasteiger partial charge is 0.274 e. The molecule has 23 heavy (non-hydrogen) atoms. The molecule has 0 radical (unpaired) electrons. The number of aryl methyl sites for hydroxylation is 1. The lowest BCUT2D eigenvalue weighted by Gasteiger charge is -2.21. The van der Waals surface area contributed by atoms with E-state index in [1.165, 1.54) is 0 Å². The fourth-order valence-electron chi connectivity index (χ4n) is 2.41. The minimum absolute atomic E-state index is 0.250. The van der Waals surface area contributed by atoms with Crippen LogP contribution in [0.5, 0.6) is 0 Å². The van der Waals surface area contributed by atoms with E-state index in [2.05, 4.69) is 14.6 Å². The number of ether oxygens (including phenoxy) is 1. The van der Waals surface area contributed by atoms with Crippen LogP contribution in [0.2, 0.25) is 0 Å². The average Bonchev–Trinajstić information content (AvgIpc) is 2.56. The van der Waals surface area contributed by atoms with Gasteiger partial charge in [0.2, 0.25) is 0 Å². The maximum Gasteiger partial charge on any atom is 0.274 e. The van der Waals surface area contributed by atoms with Gasteiger partial charge in [-0.05, 0) is 25.1 Å². The Balaban J connectivity index is 1.73. The highest BCUT2D eigenvalue weighted by atomic mass is 32.2. The van der Waals surface area contributed by atoms with E-state index in [1.54, 1.807) is 36.5 Å². The molecule has 1 aromatic heterocycles. The number of hydrogen-bond donors (Lipinski definition) is 1. The highest BCUT2D eigenvalue weighted by Gasteiger charge is 2.20. The van der Waals surface area contributed by atoms with Gasteiger partial charge in [0.25, 0.3) is 15.8 Å². The second kappa shape index (κ2) is 6.55. The summed E-state index contributed by atoms with van der Waals surface area (Å²) in [6, 6.07) is 10.4. The first-order valence-corrected chi connectivity index (χ1v) is 8.97. The number of rotatable bonds is 4. The van der Waals surface area contributed by atoms with Gasteiger partial charge < -0.3 is 4.74 Å². The second-order valence-electron chi connectivity index (χ2n) is 5.48. The van der Waals surface area contributed by atoms with Gasteiger partial charge in [-0.1, -0.05) is 17.7 Å². The maximum atomic E-state index is 12.3. The molecule has 0 bridgehead atoms. The summed E-state index contributed by atoms with van der Waals surface area (Å²) in [5, 5.41) is 0. The number of anilines is 2. The minimum Gasteiger partial charge on any atom is -0.373 e. The first kappa shape index (κ1) is 15.8. The van der Waals surface area contributed by atoms with Crippen molar-refractivity contribution in [3.8, 4) is 0 Å². The summed E-state index contributed by atoms with van der Waals surface area (Å²) in [6.45, 7) is 4.98. The van der Waals surface area contributed by atoms with Gasteiger partial charge in [-0.3, -0.25) is 9.62 Å². The number of hydrogen-bond acceptors (Lipinski definition) is 4. The van der Waals surface area contributed by atoms with E-state index in [-0.39, 0.29) is 4.90 Å². The quantitative estimate of drug-likeness (QED) is 0.918. The van der Waals surface area contributed by atoms with Crippen LogP contribution in [0.15, 0.2) is 47.5 Å². The Labute approximate surface area is 136 Å². The number of nitrogens with one attached hydrogen (secondary N) is 2. The van der Waals surface area contributed by atoms with Crippen molar-refractivity contribution in [2.45, 2.75) is 11.8 Å². The molecule has 0 amide bonds. The molecule has 1 saturated heterocycles. The predicted molar refractivity (Wildman–Crippen MR) is 88.0 cm³/mol. The summed E-state index contributed by atoms with van der Waals surface area (Å²) in [4.78, 5) is 5.55. The lowest BCUT2D eigenvalue weighted by molar-refractivity contribution is -0.363. The molecule has 0 aliphatic carbocycles. The minimum atomic E-state index is -3.57. The third kappa shape index (κ3) is 3.80. The van der Waals surface area contributed by atoms with E-state index in [4.69, 9.17) is 4.74 Å². The number of H-pyrrole nitrogens is 1. The fourth-order valence-corrected chi connectivity index (χ4v) is 3.46. The molecule has 7 heteroatoms.